The van der Waals surface area contributed by atoms with E-state index in [4.69, 9.17) is 9.26 Å². The first-order chi connectivity index (χ1) is 16.0. The van der Waals surface area contributed by atoms with E-state index < -0.39 is 16.7 Å². The van der Waals surface area contributed by atoms with Crippen molar-refractivity contribution in [3.8, 4) is 17.1 Å². The molecule has 0 aliphatic heterocycles. The number of nitrogens with one attached hydrogen (secondary N) is 1. The molecule has 0 radical (unpaired) electrons. The molecule has 33 heavy (non-hydrogen) atoms. The highest BCUT2D eigenvalue weighted by Gasteiger charge is 2.16. The average molecular weight is 461 g/mol. The van der Waals surface area contributed by atoms with E-state index in [1.807, 2.05) is 49.4 Å². The van der Waals surface area contributed by atoms with E-state index in [0.29, 0.717) is 28.7 Å². The predicted molar refractivity (Wildman–Crippen MR) is 129 cm³/mol. The van der Waals surface area contributed by atoms with Gasteiger partial charge in [-0.3, -0.25) is 9.00 Å². The summed E-state index contributed by atoms with van der Waals surface area (Å²) in [5.74, 6) is 1.24. The van der Waals surface area contributed by atoms with E-state index in [9.17, 15) is 9.00 Å². The summed E-state index contributed by atoms with van der Waals surface area (Å²) in [7, 11) is -1.19. The summed E-state index contributed by atoms with van der Waals surface area (Å²) in [6.07, 6.45) is 0. The Kier molecular flexibility index (Phi) is 7.00. The smallest absolute Gasteiger partial charge is 0.277 e. The Bertz CT molecular complexity index is 1280. The van der Waals surface area contributed by atoms with Crippen LogP contribution in [0, 0.1) is 6.92 Å². The molecule has 0 aliphatic rings. The average Bonchev–Trinajstić information content (AvgIpc) is 3.34. The van der Waals surface area contributed by atoms with Gasteiger partial charge in [0, 0.05) is 17.4 Å². The van der Waals surface area contributed by atoms with Gasteiger partial charge in [0.25, 0.3) is 5.91 Å². The third-order valence-electron chi connectivity index (χ3n) is 5.18. The number of rotatable bonds is 8. The van der Waals surface area contributed by atoms with Crippen molar-refractivity contribution in [1.82, 2.24) is 5.16 Å². The minimum absolute atomic E-state index is 0.141. The summed E-state index contributed by atoms with van der Waals surface area (Å²) in [5, 5.41) is 6.68. The number of aryl methyl sites for hydroxylation is 1. The zero-order valence-corrected chi connectivity index (χ0v) is 19.2. The van der Waals surface area contributed by atoms with Crippen molar-refractivity contribution in [1.29, 1.82) is 0 Å². The van der Waals surface area contributed by atoms with Crippen LogP contribution in [-0.2, 0) is 17.4 Å². The molecule has 0 fully saturated rings. The Morgan fingerprint density at radius 1 is 1.03 bits per heavy atom. The minimum Gasteiger partial charge on any atom is -0.489 e. The number of anilines is 1. The van der Waals surface area contributed by atoms with E-state index >= 15 is 0 Å². The lowest BCUT2D eigenvalue weighted by Crippen LogP contribution is -2.14. The van der Waals surface area contributed by atoms with Crippen molar-refractivity contribution < 1.29 is 18.3 Å². The Morgan fingerprint density at radius 3 is 2.52 bits per heavy atom. The van der Waals surface area contributed by atoms with Crippen molar-refractivity contribution in [2.75, 3.05) is 11.1 Å². The third-order valence-corrected chi connectivity index (χ3v) is 6.55. The standard InChI is InChI=1S/C26H24N2O4S/c1-3-33(30)25-11-7-6-10-22(25)27-26(29)23-16-24(32-28-23)19-12-14-21(15-13-19)31-17-20-9-5-4-8-18(20)2/h4-16H,3,17H2,1-2H3,(H,27,29). The Balaban J connectivity index is 1.42. The van der Waals surface area contributed by atoms with Crippen LogP contribution in [0.1, 0.15) is 28.5 Å². The largest absolute Gasteiger partial charge is 0.489 e. The van der Waals surface area contributed by atoms with Gasteiger partial charge in [0.2, 0.25) is 0 Å². The van der Waals surface area contributed by atoms with Gasteiger partial charge >= 0.3 is 0 Å². The van der Waals surface area contributed by atoms with E-state index in [2.05, 4.69) is 23.5 Å². The maximum absolute atomic E-state index is 12.7. The number of carbonyl (C=O) groups excluding carboxylic acids is 1. The zero-order chi connectivity index (χ0) is 23.2. The SMILES string of the molecule is CCS(=O)c1ccccc1NC(=O)c1cc(-c2ccc(OCc3ccccc3C)cc2)on1. The molecular weight excluding hydrogens is 436 g/mol. The number of hydrogen-bond acceptors (Lipinski definition) is 5. The van der Waals surface area contributed by atoms with E-state index in [1.165, 1.54) is 5.56 Å². The van der Waals surface area contributed by atoms with Gasteiger partial charge in [-0.25, -0.2) is 0 Å². The van der Waals surface area contributed by atoms with Gasteiger partial charge in [0.1, 0.15) is 12.4 Å². The lowest BCUT2D eigenvalue weighted by molar-refractivity contribution is 0.101. The lowest BCUT2D eigenvalue weighted by Gasteiger charge is -2.09. The maximum Gasteiger partial charge on any atom is 0.277 e. The fraction of sp³-hybridized carbons (Fsp3) is 0.154. The molecule has 3 aromatic carbocycles. The first kappa shape index (κ1) is 22.5. The molecule has 0 spiro atoms. The molecule has 4 rings (SSSR count). The van der Waals surface area contributed by atoms with Crippen molar-refractivity contribution in [2.45, 2.75) is 25.3 Å². The van der Waals surface area contributed by atoms with Gasteiger partial charge in [-0.05, 0) is 54.4 Å². The molecule has 0 saturated heterocycles. The fourth-order valence-electron chi connectivity index (χ4n) is 3.28. The summed E-state index contributed by atoms with van der Waals surface area (Å²) in [4.78, 5) is 13.3. The molecule has 1 aromatic heterocycles. The third kappa shape index (κ3) is 5.38. The van der Waals surface area contributed by atoms with Gasteiger partial charge in [0.15, 0.2) is 11.5 Å². The Morgan fingerprint density at radius 2 is 1.76 bits per heavy atom. The molecule has 6 nitrogen and oxygen atoms in total. The summed E-state index contributed by atoms with van der Waals surface area (Å²) in [6.45, 7) is 4.38. The Hall–Kier alpha value is -3.71. The second kappa shape index (κ2) is 10.3. The number of benzene rings is 3. The molecule has 1 atom stereocenters. The highest BCUT2D eigenvalue weighted by molar-refractivity contribution is 7.85. The van der Waals surface area contributed by atoms with E-state index in [0.717, 1.165) is 16.9 Å². The van der Waals surface area contributed by atoms with Crippen LogP contribution in [0.2, 0.25) is 0 Å². The monoisotopic (exact) mass is 460 g/mol. The molecule has 4 aromatic rings. The van der Waals surface area contributed by atoms with Crippen LogP contribution in [0.5, 0.6) is 5.75 Å². The molecule has 0 saturated carbocycles. The number of amides is 1. The maximum atomic E-state index is 12.7. The highest BCUT2D eigenvalue weighted by Crippen LogP contribution is 2.25. The zero-order valence-electron chi connectivity index (χ0n) is 18.4. The summed E-state index contributed by atoms with van der Waals surface area (Å²) >= 11 is 0. The van der Waals surface area contributed by atoms with Gasteiger partial charge < -0.3 is 14.6 Å². The molecule has 1 N–H and O–H groups in total. The van der Waals surface area contributed by atoms with Crippen LogP contribution in [0.3, 0.4) is 0 Å². The normalized spacial score (nSPS) is 11.7. The molecule has 1 unspecified atom stereocenters. The quantitative estimate of drug-likeness (QED) is 0.370. The van der Waals surface area contributed by atoms with E-state index in [1.54, 1.807) is 30.3 Å². The van der Waals surface area contributed by atoms with E-state index in [-0.39, 0.29) is 5.69 Å². The van der Waals surface area contributed by atoms with Crippen LogP contribution in [0.4, 0.5) is 5.69 Å². The fourth-order valence-corrected chi connectivity index (χ4v) is 4.18. The molecule has 168 valence electrons. The number of carbonyl (C=O) groups is 1. The first-order valence-electron chi connectivity index (χ1n) is 10.6. The van der Waals surface area contributed by atoms with Crippen LogP contribution < -0.4 is 10.1 Å². The summed E-state index contributed by atoms with van der Waals surface area (Å²) < 4.78 is 23.5. The van der Waals surface area contributed by atoms with Crippen molar-refractivity contribution in [3.63, 3.8) is 0 Å². The van der Waals surface area contributed by atoms with Gasteiger partial charge in [0.05, 0.1) is 21.4 Å². The van der Waals surface area contributed by atoms with Crippen LogP contribution >= 0.6 is 0 Å². The summed E-state index contributed by atoms with van der Waals surface area (Å²) in [6, 6.07) is 24.1. The molecule has 0 aliphatic carbocycles. The van der Waals surface area contributed by atoms with Gasteiger partial charge in [-0.1, -0.05) is 48.5 Å². The number of para-hydroxylation sites is 1. The van der Waals surface area contributed by atoms with Crippen molar-refractivity contribution >= 4 is 22.4 Å². The van der Waals surface area contributed by atoms with Crippen molar-refractivity contribution in [3.05, 3.63) is 95.7 Å². The number of aromatic nitrogens is 1. The van der Waals surface area contributed by atoms with Gasteiger partial charge in [-0.2, -0.15) is 0 Å². The first-order valence-corrected chi connectivity index (χ1v) is 11.9. The van der Waals surface area contributed by atoms with Crippen LogP contribution in [0.25, 0.3) is 11.3 Å². The van der Waals surface area contributed by atoms with Crippen molar-refractivity contribution in [2.24, 2.45) is 0 Å². The van der Waals surface area contributed by atoms with Crippen LogP contribution in [-0.4, -0.2) is 21.0 Å². The molecule has 7 heteroatoms. The molecular formula is C26H24N2O4S. The molecule has 0 bridgehead atoms. The topological polar surface area (TPSA) is 81.4 Å². The summed E-state index contributed by atoms with van der Waals surface area (Å²) in [5.41, 5.74) is 3.74. The Labute approximate surface area is 195 Å². The predicted octanol–water partition coefficient (Wildman–Crippen LogP) is 5.61. The molecule has 1 heterocycles. The minimum atomic E-state index is -1.19. The number of hydrogen-bond donors (Lipinski definition) is 1. The second-order valence-corrected chi connectivity index (χ2v) is 9.11. The second-order valence-electron chi connectivity index (χ2n) is 7.40. The highest BCUT2D eigenvalue weighted by atomic mass is 32.2. The van der Waals surface area contributed by atoms with Crippen LogP contribution in [0.15, 0.2) is 88.3 Å². The number of nitrogens with zero attached hydrogens (tertiary/aromatic N) is 1. The van der Waals surface area contributed by atoms with Gasteiger partial charge in [-0.15, -0.1) is 0 Å². The number of ether oxygens (including phenoxy) is 1. The lowest BCUT2D eigenvalue weighted by atomic mass is 10.1. The molecule has 1 amide bonds.